The summed E-state index contributed by atoms with van der Waals surface area (Å²) in [5, 5.41) is 2.56. The number of nitrogens with zero attached hydrogens (tertiary/aromatic N) is 1. The zero-order valence-electron chi connectivity index (χ0n) is 11.2. The summed E-state index contributed by atoms with van der Waals surface area (Å²) in [4.78, 5) is 18.7. The van der Waals surface area contributed by atoms with E-state index in [2.05, 4.69) is 15.3 Å². The molecule has 0 radical (unpaired) electrons. The van der Waals surface area contributed by atoms with E-state index in [4.69, 9.17) is 4.74 Å². The Morgan fingerprint density at radius 2 is 1.95 bits per heavy atom. The summed E-state index contributed by atoms with van der Waals surface area (Å²) in [6.07, 6.45) is 1.14. The normalized spacial score (nSPS) is 11.1. The Labute approximate surface area is 112 Å². The van der Waals surface area contributed by atoms with Crippen LogP contribution < -0.4 is 5.32 Å². The molecule has 0 fully saturated rings. The van der Waals surface area contributed by atoms with Gasteiger partial charge in [-0.3, -0.25) is 5.32 Å². The molecule has 100 valence electrons. The van der Waals surface area contributed by atoms with Crippen molar-refractivity contribution in [1.82, 2.24) is 9.97 Å². The molecule has 5 heteroatoms. The van der Waals surface area contributed by atoms with E-state index in [0.717, 1.165) is 11.3 Å². The molecular formula is C14H17N3O2. The highest BCUT2D eigenvalue weighted by molar-refractivity contribution is 5.83. The summed E-state index contributed by atoms with van der Waals surface area (Å²) >= 11 is 0. The Bertz CT molecular complexity index is 556. The summed E-state index contributed by atoms with van der Waals surface area (Å²) in [5.74, 6) is 0.369. The molecule has 0 saturated carbocycles. The maximum Gasteiger partial charge on any atom is 0.414 e. The molecular weight excluding hydrogens is 242 g/mol. The largest absolute Gasteiger partial charge is 0.444 e. The second kappa shape index (κ2) is 5.14. The van der Waals surface area contributed by atoms with Crippen molar-refractivity contribution in [3.8, 4) is 11.3 Å². The fourth-order valence-electron chi connectivity index (χ4n) is 1.55. The maximum absolute atomic E-state index is 11.6. The predicted molar refractivity (Wildman–Crippen MR) is 73.9 cm³/mol. The number of anilines is 1. The van der Waals surface area contributed by atoms with Gasteiger partial charge in [0.2, 0.25) is 5.95 Å². The minimum atomic E-state index is -0.529. The van der Waals surface area contributed by atoms with Crippen LogP contribution in [0.15, 0.2) is 36.5 Å². The molecule has 2 aromatic rings. The highest BCUT2D eigenvalue weighted by atomic mass is 16.6. The Balaban J connectivity index is 2.04. The molecule has 1 aromatic heterocycles. The molecule has 0 atom stereocenters. The number of hydrogen-bond donors (Lipinski definition) is 2. The third kappa shape index (κ3) is 3.84. The number of amides is 1. The van der Waals surface area contributed by atoms with Crippen LogP contribution >= 0.6 is 0 Å². The summed E-state index contributed by atoms with van der Waals surface area (Å²) < 4.78 is 5.15. The standard InChI is InChI=1S/C14H17N3O2/c1-14(2,3)19-13(18)17-12-15-9-11(16-12)10-7-5-4-6-8-10/h4-9H,1-3H3,(H2,15,16,17,18). The molecule has 5 nitrogen and oxygen atoms in total. The summed E-state index contributed by atoms with van der Waals surface area (Å²) in [7, 11) is 0. The molecule has 0 aliphatic heterocycles. The van der Waals surface area contributed by atoms with Crippen LogP contribution in [0.1, 0.15) is 20.8 Å². The number of aromatic nitrogens is 2. The lowest BCUT2D eigenvalue weighted by Gasteiger charge is -2.18. The second-order valence-electron chi connectivity index (χ2n) is 5.14. The van der Waals surface area contributed by atoms with Crippen LogP contribution in [0.25, 0.3) is 11.3 Å². The predicted octanol–water partition coefficient (Wildman–Crippen LogP) is 3.42. The highest BCUT2D eigenvalue weighted by Gasteiger charge is 2.17. The van der Waals surface area contributed by atoms with Crippen LogP contribution in [0.2, 0.25) is 0 Å². The number of carbonyl (C=O) groups is 1. The molecule has 0 unspecified atom stereocenters. The van der Waals surface area contributed by atoms with Crippen molar-refractivity contribution in [2.75, 3.05) is 5.32 Å². The SMILES string of the molecule is CC(C)(C)OC(=O)Nc1ncc(-c2ccccc2)[nH]1. The van der Waals surface area contributed by atoms with E-state index in [9.17, 15) is 4.79 Å². The average Bonchev–Trinajstić information content (AvgIpc) is 2.76. The molecule has 1 heterocycles. The molecule has 19 heavy (non-hydrogen) atoms. The van der Waals surface area contributed by atoms with Crippen LogP contribution in [0.4, 0.5) is 10.7 Å². The summed E-state index contributed by atoms with van der Waals surface area (Å²) in [6, 6.07) is 9.75. The van der Waals surface area contributed by atoms with E-state index in [1.54, 1.807) is 6.20 Å². The molecule has 0 saturated heterocycles. The molecule has 2 N–H and O–H groups in total. The van der Waals surface area contributed by atoms with Crippen molar-refractivity contribution in [2.45, 2.75) is 26.4 Å². The Morgan fingerprint density at radius 3 is 2.58 bits per heavy atom. The smallest absolute Gasteiger partial charge is 0.414 e. The third-order valence-corrected chi connectivity index (χ3v) is 2.28. The van der Waals surface area contributed by atoms with Crippen molar-refractivity contribution in [2.24, 2.45) is 0 Å². The van der Waals surface area contributed by atoms with Crippen LogP contribution in [0.3, 0.4) is 0 Å². The van der Waals surface area contributed by atoms with Gasteiger partial charge in [-0.05, 0) is 26.3 Å². The second-order valence-corrected chi connectivity index (χ2v) is 5.14. The minimum Gasteiger partial charge on any atom is -0.444 e. The monoisotopic (exact) mass is 259 g/mol. The maximum atomic E-state index is 11.6. The van der Waals surface area contributed by atoms with Crippen molar-refractivity contribution < 1.29 is 9.53 Å². The number of hydrogen-bond acceptors (Lipinski definition) is 3. The zero-order chi connectivity index (χ0) is 13.9. The topological polar surface area (TPSA) is 67.0 Å². The Kier molecular flexibility index (Phi) is 3.55. The van der Waals surface area contributed by atoms with Gasteiger partial charge in [0.1, 0.15) is 5.60 Å². The first-order valence-corrected chi connectivity index (χ1v) is 6.04. The number of carbonyl (C=O) groups excluding carboxylic acids is 1. The van der Waals surface area contributed by atoms with E-state index in [0.29, 0.717) is 5.95 Å². The van der Waals surface area contributed by atoms with Crippen LogP contribution in [0.5, 0.6) is 0 Å². The quantitative estimate of drug-likeness (QED) is 0.868. The lowest BCUT2D eigenvalue weighted by Crippen LogP contribution is -2.27. The van der Waals surface area contributed by atoms with Gasteiger partial charge in [-0.1, -0.05) is 30.3 Å². The molecule has 1 aromatic carbocycles. The first-order chi connectivity index (χ1) is 8.94. The van der Waals surface area contributed by atoms with E-state index in [-0.39, 0.29) is 0 Å². The van der Waals surface area contributed by atoms with Gasteiger partial charge >= 0.3 is 6.09 Å². The zero-order valence-corrected chi connectivity index (χ0v) is 11.2. The number of rotatable bonds is 2. The third-order valence-electron chi connectivity index (χ3n) is 2.28. The fraction of sp³-hybridized carbons (Fsp3) is 0.286. The lowest BCUT2D eigenvalue weighted by atomic mass is 10.2. The number of aromatic amines is 1. The molecule has 2 rings (SSSR count). The summed E-state index contributed by atoms with van der Waals surface area (Å²) in [5.41, 5.74) is 1.32. The molecule has 0 aliphatic rings. The van der Waals surface area contributed by atoms with Gasteiger partial charge in [-0.2, -0.15) is 0 Å². The van der Waals surface area contributed by atoms with Crippen molar-refractivity contribution in [3.05, 3.63) is 36.5 Å². The van der Waals surface area contributed by atoms with E-state index in [1.807, 2.05) is 51.1 Å². The average molecular weight is 259 g/mol. The summed E-state index contributed by atoms with van der Waals surface area (Å²) in [6.45, 7) is 5.43. The van der Waals surface area contributed by atoms with E-state index >= 15 is 0 Å². The minimum absolute atomic E-state index is 0.369. The van der Waals surface area contributed by atoms with Crippen molar-refractivity contribution >= 4 is 12.0 Å². The van der Waals surface area contributed by atoms with Crippen molar-refractivity contribution in [1.29, 1.82) is 0 Å². The number of benzene rings is 1. The van der Waals surface area contributed by atoms with Gasteiger partial charge in [0, 0.05) is 0 Å². The number of nitrogens with one attached hydrogen (secondary N) is 2. The Morgan fingerprint density at radius 1 is 1.26 bits per heavy atom. The molecule has 0 spiro atoms. The lowest BCUT2D eigenvalue weighted by molar-refractivity contribution is 0.0635. The van der Waals surface area contributed by atoms with E-state index in [1.165, 1.54) is 0 Å². The van der Waals surface area contributed by atoms with Gasteiger partial charge in [0.25, 0.3) is 0 Å². The van der Waals surface area contributed by atoms with Crippen LogP contribution in [0, 0.1) is 0 Å². The van der Waals surface area contributed by atoms with Gasteiger partial charge in [0.15, 0.2) is 0 Å². The van der Waals surface area contributed by atoms with Crippen LogP contribution in [-0.2, 0) is 4.74 Å². The van der Waals surface area contributed by atoms with Gasteiger partial charge in [0.05, 0.1) is 11.9 Å². The molecule has 0 aliphatic carbocycles. The van der Waals surface area contributed by atoms with Gasteiger partial charge < -0.3 is 9.72 Å². The highest BCUT2D eigenvalue weighted by Crippen LogP contribution is 2.18. The van der Waals surface area contributed by atoms with E-state index < -0.39 is 11.7 Å². The molecule has 0 bridgehead atoms. The fourth-order valence-corrected chi connectivity index (χ4v) is 1.55. The first kappa shape index (κ1) is 13.1. The van der Waals surface area contributed by atoms with Crippen molar-refractivity contribution in [3.63, 3.8) is 0 Å². The Hall–Kier alpha value is -2.30. The van der Waals surface area contributed by atoms with Crippen LogP contribution in [-0.4, -0.2) is 21.7 Å². The number of H-pyrrole nitrogens is 1. The molecule has 1 amide bonds. The first-order valence-electron chi connectivity index (χ1n) is 6.04. The number of ether oxygens (including phenoxy) is 1. The van der Waals surface area contributed by atoms with Gasteiger partial charge in [-0.25, -0.2) is 9.78 Å². The number of imidazole rings is 1. The van der Waals surface area contributed by atoms with Gasteiger partial charge in [-0.15, -0.1) is 0 Å².